The first kappa shape index (κ1) is 10.3. The molecule has 3 nitrogen and oxygen atoms in total. The van der Waals surface area contributed by atoms with Crippen molar-refractivity contribution in [3.05, 3.63) is 10.1 Å². The van der Waals surface area contributed by atoms with E-state index < -0.39 is 0 Å². The molecule has 0 aliphatic carbocycles. The highest BCUT2D eigenvalue weighted by Crippen LogP contribution is 2.22. The normalized spacial score (nSPS) is 17.2. The van der Waals surface area contributed by atoms with Gasteiger partial charge in [0.1, 0.15) is 6.42 Å². The predicted octanol–water partition coefficient (Wildman–Crippen LogP) is 1.80. The molecule has 0 atom stereocenters. The third-order valence-corrected chi connectivity index (χ3v) is 3.06. The minimum Gasteiger partial charge on any atom is -0.337 e. The van der Waals surface area contributed by atoms with Gasteiger partial charge in [0.05, 0.1) is 12.6 Å². The van der Waals surface area contributed by atoms with Gasteiger partial charge in [-0.25, -0.2) is 0 Å². The molecule has 1 amide bonds. The van der Waals surface area contributed by atoms with Crippen molar-refractivity contribution in [1.29, 1.82) is 5.26 Å². The third-order valence-electron chi connectivity index (χ3n) is 2.13. The summed E-state index contributed by atoms with van der Waals surface area (Å²) in [6.45, 7) is 3.41. The van der Waals surface area contributed by atoms with Crippen LogP contribution >= 0.6 is 15.9 Å². The lowest BCUT2D eigenvalue weighted by atomic mass is 10.1. The van der Waals surface area contributed by atoms with Gasteiger partial charge in [0.2, 0.25) is 5.91 Å². The number of nitriles is 1. The summed E-state index contributed by atoms with van der Waals surface area (Å²) in [4.78, 5) is 13.0. The zero-order valence-electron chi connectivity index (χ0n) is 7.51. The van der Waals surface area contributed by atoms with E-state index in [1.807, 2.05) is 6.07 Å². The number of carbonyl (C=O) groups excluding carboxylic acids is 1. The summed E-state index contributed by atoms with van der Waals surface area (Å²) in [6, 6.07) is 1.87. The minimum atomic E-state index is -0.0769. The summed E-state index contributed by atoms with van der Waals surface area (Å²) in [7, 11) is 0. The van der Waals surface area contributed by atoms with Crippen LogP contribution in [-0.4, -0.2) is 23.9 Å². The standard InChI is InChI=1S/C9H11BrN2O/c1-7-3-5-12(6-8(7)10)9(13)2-4-11/h2-3,5-6H2,1H3. The van der Waals surface area contributed by atoms with Crippen LogP contribution in [0.5, 0.6) is 0 Å². The molecular weight excluding hydrogens is 232 g/mol. The predicted molar refractivity (Wildman–Crippen MR) is 53.1 cm³/mol. The van der Waals surface area contributed by atoms with E-state index in [0.29, 0.717) is 6.54 Å². The fourth-order valence-corrected chi connectivity index (χ4v) is 1.71. The highest BCUT2D eigenvalue weighted by atomic mass is 79.9. The van der Waals surface area contributed by atoms with Crippen LogP contribution in [0.25, 0.3) is 0 Å². The second-order valence-corrected chi connectivity index (χ2v) is 4.04. The minimum absolute atomic E-state index is 0.0146. The number of hydrogen-bond donors (Lipinski definition) is 0. The summed E-state index contributed by atoms with van der Waals surface area (Å²) < 4.78 is 1.07. The molecule has 0 bridgehead atoms. The van der Waals surface area contributed by atoms with Gasteiger partial charge < -0.3 is 4.90 Å². The molecule has 0 aromatic heterocycles. The van der Waals surface area contributed by atoms with Gasteiger partial charge in [0.25, 0.3) is 0 Å². The SMILES string of the molecule is CC1=C(Br)CN(C(=O)CC#N)CC1. The fourth-order valence-electron chi connectivity index (χ4n) is 1.21. The Kier molecular flexibility index (Phi) is 3.49. The first-order valence-corrected chi connectivity index (χ1v) is 4.93. The Hall–Kier alpha value is -0.820. The van der Waals surface area contributed by atoms with E-state index in [0.717, 1.165) is 17.4 Å². The van der Waals surface area contributed by atoms with Crippen LogP contribution in [-0.2, 0) is 4.79 Å². The largest absolute Gasteiger partial charge is 0.337 e. The van der Waals surface area contributed by atoms with Crippen molar-refractivity contribution in [3.63, 3.8) is 0 Å². The zero-order chi connectivity index (χ0) is 9.84. The van der Waals surface area contributed by atoms with Crippen molar-refractivity contribution in [2.45, 2.75) is 19.8 Å². The number of carbonyl (C=O) groups is 1. The van der Waals surface area contributed by atoms with Crippen molar-refractivity contribution in [1.82, 2.24) is 4.90 Å². The lowest BCUT2D eigenvalue weighted by Crippen LogP contribution is -2.35. The topological polar surface area (TPSA) is 44.1 Å². The third kappa shape index (κ3) is 2.56. The molecule has 4 heteroatoms. The van der Waals surface area contributed by atoms with E-state index in [2.05, 4.69) is 22.9 Å². The van der Waals surface area contributed by atoms with E-state index in [4.69, 9.17) is 5.26 Å². The zero-order valence-corrected chi connectivity index (χ0v) is 9.10. The highest BCUT2D eigenvalue weighted by molar-refractivity contribution is 9.11. The van der Waals surface area contributed by atoms with Crippen LogP contribution in [0.1, 0.15) is 19.8 Å². The average Bonchev–Trinajstić information content (AvgIpc) is 2.10. The van der Waals surface area contributed by atoms with E-state index in [1.165, 1.54) is 5.57 Å². The molecule has 1 rings (SSSR count). The molecule has 0 radical (unpaired) electrons. The van der Waals surface area contributed by atoms with E-state index in [9.17, 15) is 4.79 Å². The van der Waals surface area contributed by atoms with Gasteiger partial charge in [-0.15, -0.1) is 0 Å². The molecule has 70 valence electrons. The average molecular weight is 243 g/mol. The molecule has 0 spiro atoms. The van der Waals surface area contributed by atoms with Gasteiger partial charge in [-0.2, -0.15) is 5.26 Å². The molecule has 1 heterocycles. The molecule has 0 aromatic rings. The Morgan fingerprint density at radius 2 is 2.46 bits per heavy atom. The monoisotopic (exact) mass is 242 g/mol. The maximum Gasteiger partial charge on any atom is 0.237 e. The van der Waals surface area contributed by atoms with Gasteiger partial charge in [0, 0.05) is 11.0 Å². The summed E-state index contributed by atoms with van der Waals surface area (Å²) in [6.07, 6.45) is 0.886. The molecule has 0 unspecified atom stereocenters. The second-order valence-electron chi connectivity index (χ2n) is 3.09. The Balaban J connectivity index is 2.59. The lowest BCUT2D eigenvalue weighted by Gasteiger charge is -2.27. The maximum absolute atomic E-state index is 11.3. The first-order valence-electron chi connectivity index (χ1n) is 4.14. The van der Waals surface area contributed by atoms with Crippen molar-refractivity contribution in [2.24, 2.45) is 0 Å². The number of halogens is 1. The van der Waals surface area contributed by atoms with Crippen LogP contribution in [0.2, 0.25) is 0 Å². The summed E-state index contributed by atoms with van der Waals surface area (Å²) >= 11 is 3.42. The molecular formula is C9H11BrN2O. The van der Waals surface area contributed by atoms with E-state index in [1.54, 1.807) is 4.90 Å². The van der Waals surface area contributed by atoms with Crippen LogP contribution < -0.4 is 0 Å². The number of nitrogens with zero attached hydrogens (tertiary/aromatic N) is 2. The molecule has 0 aromatic carbocycles. The molecule has 0 N–H and O–H groups in total. The molecule has 1 aliphatic rings. The van der Waals surface area contributed by atoms with Crippen molar-refractivity contribution >= 4 is 21.8 Å². The van der Waals surface area contributed by atoms with Gasteiger partial charge in [-0.05, 0) is 13.3 Å². The summed E-state index contributed by atoms with van der Waals surface area (Å²) in [5.41, 5.74) is 1.29. The number of rotatable bonds is 1. The van der Waals surface area contributed by atoms with Crippen molar-refractivity contribution in [3.8, 4) is 6.07 Å². The van der Waals surface area contributed by atoms with Crippen molar-refractivity contribution in [2.75, 3.05) is 13.1 Å². The summed E-state index contributed by atoms with van der Waals surface area (Å²) in [5, 5.41) is 8.36. The summed E-state index contributed by atoms with van der Waals surface area (Å²) in [5.74, 6) is -0.0769. The van der Waals surface area contributed by atoms with Gasteiger partial charge in [-0.1, -0.05) is 21.5 Å². The smallest absolute Gasteiger partial charge is 0.237 e. The van der Waals surface area contributed by atoms with Gasteiger partial charge >= 0.3 is 0 Å². The second kappa shape index (κ2) is 4.43. The van der Waals surface area contributed by atoms with E-state index in [-0.39, 0.29) is 12.3 Å². The maximum atomic E-state index is 11.3. The van der Waals surface area contributed by atoms with Crippen LogP contribution in [0.15, 0.2) is 10.1 Å². The van der Waals surface area contributed by atoms with Crippen LogP contribution in [0.3, 0.4) is 0 Å². The molecule has 0 saturated carbocycles. The highest BCUT2D eigenvalue weighted by Gasteiger charge is 2.18. The quantitative estimate of drug-likeness (QED) is 0.704. The van der Waals surface area contributed by atoms with Crippen LogP contribution in [0, 0.1) is 11.3 Å². The number of hydrogen-bond acceptors (Lipinski definition) is 2. The molecule has 1 aliphatic heterocycles. The molecule has 0 fully saturated rings. The Morgan fingerprint density at radius 1 is 1.77 bits per heavy atom. The van der Waals surface area contributed by atoms with Gasteiger partial charge in [0.15, 0.2) is 0 Å². The van der Waals surface area contributed by atoms with Gasteiger partial charge in [-0.3, -0.25) is 4.79 Å². The van der Waals surface area contributed by atoms with Crippen molar-refractivity contribution < 1.29 is 4.79 Å². The molecule has 0 saturated heterocycles. The molecule has 13 heavy (non-hydrogen) atoms. The Bertz CT molecular complexity index is 290. The van der Waals surface area contributed by atoms with E-state index >= 15 is 0 Å². The Morgan fingerprint density at radius 3 is 3.00 bits per heavy atom. The first-order chi connectivity index (χ1) is 6.15. The number of amides is 1. The van der Waals surface area contributed by atoms with Crippen LogP contribution in [0.4, 0.5) is 0 Å². The fraction of sp³-hybridized carbons (Fsp3) is 0.556. The lowest BCUT2D eigenvalue weighted by molar-refractivity contribution is -0.129. The Labute approximate surface area is 86.1 Å².